The number of thioether (sulfide) groups is 1. The Morgan fingerprint density at radius 2 is 2.06 bits per heavy atom. The van der Waals surface area contributed by atoms with Gasteiger partial charge in [0, 0.05) is 24.6 Å². The number of nitrogens with two attached hydrogens (primary N) is 1. The molecule has 4 heteroatoms. The van der Waals surface area contributed by atoms with Crippen molar-refractivity contribution in [3.05, 3.63) is 28.8 Å². The molecule has 0 saturated carbocycles. The minimum Gasteiger partial charge on any atom is -0.369 e. The molecule has 88 valence electrons. The van der Waals surface area contributed by atoms with Crippen LogP contribution in [0.5, 0.6) is 0 Å². The Hall–Kier alpha value is -0.380. The van der Waals surface area contributed by atoms with Gasteiger partial charge in [-0.05, 0) is 30.7 Å². The molecule has 0 bridgehead atoms. The van der Waals surface area contributed by atoms with E-state index in [4.69, 9.17) is 17.3 Å². The smallest absolute Gasteiger partial charge is 0.0642 e. The quantitative estimate of drug-likeness (QED) is 0.901. The lowest BCUT2D eigenvalue weighted by Crippen LogP contribution is -2.32. The summed E-state index contributed by atoms with van der Waals surface area (Å²) in [6.45, 7) is 2.87. The number of hydrogen-bond donors (Lipinski definition) is 1. The Morgan fingerprint density at radius 3 is 2.69 bits per heavy atom. The maximum absolute atomic E-state index is 6.31. The molecule has 1 fully saturated rings. The van der Waals surface area contributed by atoms with Crippen molar-refractivity contribution in [2.24, 2.45) is 5.73 Å². The Kier molecular flexibility index (Phi) is 4.38. The summed E-state index contributed by atoms with van der Waals surface area (Å²) < 4.78 is 0. The molecule has 0 unspecified atom stereocenters. The van der Waals surface area contributed by atoms with Crippen molar-refractivity contribution >= 4 is 29.1 Å². The van der Waals surface area contributed by atoms with Crippen molar-refractivity contribution in [2.75, 3.05) is 36.0 Å². The topological polar surface area (TPSA) is 29.3 Å². The van der Waals surface area contributed by atoms with Crippen LogP contribution >= 0.6 is 23.4 Å². The summed E-state index contributed by atoms with van der Waals surface area (Å²) in [5, 5.41) is 0.859. The number of nitrogens with zero attached hydrogens (tertiary/aromatic N) is 1. The number of halogens is 1. The lowest BCUT2D eigenvalue weighted by atomic mass is 10.1. The molecule has 1 aromatic rings. The molecule has 0 radical (unpaired) electrons. The average molecular weight is 257 g/mol. The fourth-order valence-corrected chi connectivity index (χ4v) is 3.16. The van der Waals surface area contributed by atoms with Crippen molar-refractivity contribution in [1.29, 1.82) is 0 Å². The summed E-state index contributed by atoms with van der Waals surface area (Å²) in [6, 6.07) is 6.31. The van der Waals surface area contributed by atoms with Gasteiger partial charge in [0.05, 0.1) is 10.7 Å². The average Bonchev–Trinajstić information content (AvgIpc) is 2.31. The maximum Gasteiger partial charge on any atom is 0.0642 e. The second-order valence-corrected chi connectivity index (χ2v) is 5.56. The van der Waals surface area contributed by atoms with Gasteiger partial charge in [-0.3, -0.25) is 0 Å². The SMILES string of the molecule is NCCc1ccc(N2CCSCC2)c(Cl)c1. The van der Waals surface area contributed by atoms with Crippen LogP contribution in [0, 0.1) is 0 Å². The van der Waals surface area contributed by atoms with Gasteiger partial charge >= 0.3 is 0 Å². The van der Waals surface area contributed by atoms with Gasteiger partial charge in [0.1, 0.15) is 0 Å². The maximum atomic E-state index is 6.31. The van der Waals surface area contributed by atoms with Gasteiger partial charge in [-0.1, -0.05) is 17.7 Å². The third-order valence-corrected chi connectivity index (χ3v) is 4.04. The van der Waals surface area contributed by atoms with E-state index in [9.17, 15) is 0 Å². The molecule has 0 aliphatic carbocycles. The number of hydrogen-bond acceptors (Lipinski definition) is 3. The molecule has 0 atom stereocenters. The fourth-order valence-electron chi connectivity index (χ4n) is 1.93. The number of benzene rings is 1. The Balaban J connectivity index is 2.14. The molecule has 2 rings (SSSR count). The van der Waals surface area contributed by atoms with Crippen LogP contribution in [0.1, 0.15) is 5.56 Å². The highest BCUT2D eigenvalue weighted by Crippen LogP contribution is 2.28. The van der Waals surface area contributed by atoms with Crippen molar-refractivity contribution in [3.63, 3.8) is 0 Å². The first-order valence-electron chi connectivity index (χ1n) is 5.62. The van der Waals surface area contributed by atoms with Gasteiger partial charge < -0.3 is 10.6 Å². The van der Waals surface area contributed by atoms with E-state index in [-0.39, 0.29) is 0 Å². The fraction of sp³-hybridized carbons (Fsp3) is 0.500. The van der Waals surface area contributed by atoms with E-state index in [0.717, 1.165) is 24.5 Å². The standard InChI is InChI=1S/C12H17ClN2S/c13-11-9-10(3-4-14)1-2-12(11)15-5-7-16-8-6-15/h1-2,9H,3-8,14H2. The van der Waals surface area contributed by atoms with Crippen molar-refractivity contribution < 1.29 is 0 Å². The number of anilines is 1. The summed E-state index contributed by atoms with van der Waals surface area (Å²) in [5.74, 6) is 2.39. The van der Waals surface area contributed by atoms with E-state index in [1.807, 2.05) is 17.8 Å². The summed E-state index contributed by atoms with van der Waals surface area (Å²) in [7, 11) is 0. The van der Waals surface area contributed by atoms with Gasteiger partial charge in [0.2, 0.25) is 0 Å². The monoisotopic (exact) mass is 256 g/mol. The summed E-state index contributed by atoms with van der Waals surface area (Å²) in [4.78, 5) is 2.37. The van der Waals surface area contributed by atoms with Crippen LogP contribution < -0.4 is 10.6 Å². The molecule has 0 amide bonds. The van der Waals surface area contributed by atoms with E-state index in [1.54, 1.807) is 0 Å². The van der Waals surface area contributed by atoms with Gasteiger partial charge in [-0.2, -0.15) is 11.8 Å². The molecule has 2 nitrogen and oxygen atoms in total. The first-order valence-corrected chi connectivity index (χ1v) is 7.15. The highest BCUT2D eigenvalue weighted by atomic mass is 35.5. The molecule has 1 heterocycles. The summed E-state index contributed by atoms with van der Waals surface area (Å²) >= 11 is 8.32. The lowest BCUT2D eigenvalue weighted by molar-refractivity contribution is 0.857. The predicted molar refractivity (Wildman–Crippen MR) is 73.7 cm³/mol. The highest BCUT2D eigenvalue weighted by Gasteiger charge is 2.13. The van der Waals surface area contributed by atoms with Crippen LogP contribution in [0.25, 0.3) is 0 Å². The van der Waals surface area contributed by atoms with Crippen molar-refractivity contribution in [2.45, 2.75) is 6.42 Å². The zero-order valence-electron chi connectivity index (χ0n) is 9.29. The Bertz CT molecular complexity index is 351. The second kappa shape index (κ2) is 5.80. The van der Waals surface area contributed by atoms with Crippen LogP contribution in [0.2, 0.25) is 5.02 Å². The first-order chi connectivity index (χ1) is 7.81. The molecule has 2 N–H and O–H groups in total. The molecule has 0 aromatic heterocycles. The van der Waals surface area contributed by atoms with Crippen molar-refractivity contribution in [1.82, 2.24) is 0 Å². The number of rotatable bonds is 3. The van der Waals surface area contributed by atoms with Crippen LogP contribution in [-0.2, 0) is 6.42 Å². The summed E-state index contributed by atoms with van der Waals surface area (Å²) in [5.41, 5.74) is 7.93. The molecule has 1 aliphatic heterocycles. The first kappa shape index (κ1) is 12.1. The van der Waals surface area contributed by atoms with Crippen LogP contribution in [0.3, 0.4) is 0 Å². The molecule has 1 saturated heterocycles. The molecular formula is C12H17ClN2S. The third-order valence-electron chi connectivity index (χ3n) is 2.80. The van der Waals surface area contributed by atoms with Crippen LogP contribution in [0.15, 0.2) is 18.2 Å². The van der Waals surface area contributed by atoms with E-state index in [0.29, 0.717) is 6.54 Å². The van der Waals surface area contributed by atoms with E-state index in [2.05, 4.69) is 17.0 Å². The summed E-state index contributed by atoms with van der Waals surface area (Å²) in [6.07, 6.45) is 0.899. The van der Waals surface area contributed by atoms with E-state index >= 15 is 0 Å². The van der Waals surface area contributed by atoms with E-state index < -0.39 is 0 Å². The van der Waals surface area contributed by atoms with Gasteiger partial charge in [0.25, 0.3) is 0 Å². The minimum atomic E-state index is 0.677. The zero-order valence-corrected chi connectivity index (χ0v) is 10.9. The Labute approximate surface area is 106 Å². The van der Waals surface area contributed by atoms with Crippen LogP contribution in [0.4, 0.5) is 5.69 Å². The zero-order chi connectivity index (χ0) is 11.4. The minimum absolute atomic E-state index is 0.677. The van der Waals surface area contributed by atoms with Crippen LogP contribution in [-0.4, -0.2) is 31.1 Å². The normalized spacial score (nSPS) is 16.5. The third kappa shape index (κ3) is 2.84. The highest BCUT2D eigenvalue weighted by molar-refractivity contribution is 7.99. The Morgan fingerprint density at radius 1 is 1.31 bits per heavy atom. The van der Waals surface area contributed by atoms with E-state index in [1.165, 1.54) is 22.8 Å². The molecule has 0 spiro atoms. The molecular weight excluding hydrogens is 240 g/mol. The second-order valence-electron chi connectivity index (χ2n) is 3.92. The van der Waals surface area contributed by atoms with Gasteiger partial charge in [-0.25, -0.2) is 0 Å². The van der Waals surface area contributed by atoms with Gasteiger partial charge in [-0.15, -0.1) is 0 Å². The van der Waals surface area contributed by atoms with Gasteiger partial charge in [0.15, 0.2) is 0 Å². The predicted octanol–water partition coefficient (Wildman–Crippen LogP) is 2.39. The van der Waals surface area contributed by atoms with Crippen molar-refractivity contribution in [3.8, 4) is 0 Å². The molecule has 1 aromatic carbocycles. The molecule has 16 heavy (non-hydrogen) atoms. The lowest BCUT2D eigenvalue weighted by Gasteiger charge is -2.29. The molecule has 1 aliphatic rings. The largest absolute Gasteiger partial charge is 0.369 e.